The second-order valence-electron chi connectivity index (χ2n) is 9.11. The number of rotatable bonds is 13. The van der Waals surface area contributed by atoms with E-state index in [1.54, 1.807) is 4.90 Å². The van der Waals surface area contributed by atoms with Crippen molar-refractivity contribution in [1.29, 1.82) is 0 Å². The molecule has 0 saturated carbocycles. The average Bonchev–Trinajstić information content (AvgIpc) is 2.76. The lowest BCUT2D eigenvalue weighted by Crippen LogP contribution is -2.35. The van der Waals surface area contributed by atoms with Gasteiger partial charge in [-0.3, -0.25) is 0 Å². The van der Waals surface area contributed by atoms with Gasteiger partial charge in [0, 0.05) is 25.2 Å². The Morgan fingerprint density at radius 3 is 2.12 bits per heavy atom. The Hall–Kier alpha value is -2.50. The number of halogens is 3. The minimum atomic E-state index is -1.13. The molecule has 0 aromatic heterocycles. The minimum absolute atomic E-state index is 0.330. The number of nitrogens with zero attached hydrogens (tertiary/aromatic N) is 1. The number of nitrogens with one attached hydrogen (secondary N) is 1. The second-order valence-corrected chi connectivity index (χ2v) is 9.11. The summed E-state index contributed by atoms with van der Waals surface area (Å²) < 4.78 is 41.3. The highest BCUT2D eigenvalue weighted by molar-refractivity contribution is 5.89. The fraction of sp³-hybridized carbons (Fsp3) is 0.519. The third-order valence-corrected chi connectivity index (χ3v) is 5.70. The number of carbonyl (C=O) groups excluding carboxylic acids is 1. The van der Waals surface area contributed by atoms with Crippen LogP contribution in [0.4, 0.5) is 23.7 Å². The van der Waals surface area contributed by atoms with Crippen LogP contribution in [-0.2, 0) is 13.0 Å². The van der Waals surface area contributed by atoms with E-state index >= 15 is 0 Å². The topological polar surface area (TPSA) is 32.3 Å². The first-order valence-electron chi connectivity index (χ1n) is 12.1. The number of hydrogen-bond acceptors (Lipinski definition) is 1. The second kappa shape index (κ2) is 13.9. The fourth-order valence-electron chi connectivity index (χ4n) is 3.75. The van der Waals surface area contributed by atoms with E-state index in [9.17, 15) is 18.0 Å². The number of urea groups is 1. The molecule has 0 aliphatic rings. The van der Waals surface area contributed by atoms with Crippen molar-refractivity contribution in [2.45, 2.75) is 78.7 Å². The summed E-state index contributed by atoms with van der Waals surface area (Å²) in [5, 5.41) is 2.30. The van der Waals surface area contributed by atoms with Crippen LogP contribution in [0.2, 0.25) is 0 Å². The lowest BCUT2D eigenvalue weighted by molar-refractivity contribution is 0.207. The first-order valence-corrected chi connectivity index (χ1v) is 12.1. The van der Waals surface area contributed by atoms with Crippen molar-refractivity contribution in [3.63, 3.8) is 0 Å². The Morgan fingerprint density at radius 2 is 1.52 bits per heavy atom. The monoisotopic (exact) mass is 462 g/mol. The predicted octanol–water partition coefficient (Wildman–Crippen LogP) is 8.09. The fourth-order valence-corrected chi connectivity index (χ4v) is 3.75. The molecular formula is C27H37F3N2O. The first kappa shape index (κ1) is 26.7. The molecule has 2 aromatic carbocycles. The third-order valence-electron chi connectivity index (χ3n) is 5.70. The van der Waals surface area contributed by atoms with Crippen LogP contribution in [0, 0.1) is 23.4 Å². The Bertz CT molecular complexity index is 845. The summed E-state index contributed by atoms with van der Waals surface area (Å²) in [5.41, 5.74) is 1.58. The normalized spacial score (nSPS) is 11.1. The lowest BCUT2D eigenvalue weighted by Gasteiger charge is -2.24. The summed E-state index contributed by atoms with van der Waals surface area (Å²) in [5.74, 6) is -2.60. The maximum atomic E-state index is 14.0. The highest BCUT2D eigenvalue weighted by Gasteiger charge is 2.19. The van der Waals surface area contributed by atoms with Gasteiger partial charge in [-0.05, 0) is 36.3 Å². The predicted molar refractivity (Wildman–Crippen MR) is 129 cm³/mol. The Kier molecular flexibility index (Phi) is 11.3. The van der Waals surface area contributed by atoms with Crippen molar-refractivity contribution in [2.24, 2.45) is 5.92 Å². The number of unbranched alkanes of at least 4 members (excludes halogenated alkanes) is 4. The molecule has 33 heavy (non-hydrogen) atoms. The highest BCUT2D eigenvalue weighted by atomic mass is 19.1. The number of amides is 2. The summed E-state index contributed by atoms with van der Waals surface area (Å²) in [6.45, 7) is 7.37. The number of anilines is 1. The third kappa shape index (κ3) is 9.48. The van der Waals surface area contributed by atoms with Gasteiger partial charge in [-0.15, -0.1) is 0 Å². The number of aryl methyl sites for hydroxylation is 1. The van der Waals surface area contributed by atoms with Gasteiger partial charge in [0.2, 0.25) is 0 Å². The van der Waals surface area contributed by atoms with Gasteiger partial charge < -0.3 is 10.2 Å². The maximum Gasteiger partial charge on any atom is 0.322 e. The molecule has 2 aromatic rings. The van der Waals surface area contributed by atoms with Crippen LogP contribution in [0.1, 0.15) is 76.8 Å². The molecule has 0 aliphatic heterocycles. The van der Waals surface area contributed by atoms with Gasteiger partial charge in [0.1, 0.15) is 11.5 Å². The van der Waals surface area contributed by atoms with Crippen molar-refractivity contribution in [2.75, 3.05) is 11.9 Å². The van der Waals surface area contributed by atoms with Gasteiger partial charge in [0.25, 0.3) is 0 Å². The minimum Gasteiger partial charge on any atom is -0.320 e. The summed E-state index contributed by atoms with van der Waals surface area (Å²) in [6, 6.07) is 8.68. The van der Waals surface area contributed by atoms with E-state index in [4.69, 9.17) is 0 Å². The molecule has 3 nitrogen and oxygen atoms in total. The van der Waals surface area contributed by atoms with Crippen LogP contribution in [0.5, 0.6) is 0 Å². The van der Waals surface area contributed by atoms with Gasteiger partial charge in [-0.2, -0.15) is 0 Å². The molecule has 0 spiro atoms. The summed E-state index contributed by atoms with van der Waals surface area (Å²) in [4.78, 5) is 14.4. The van der Waals surface area contributed by atoms with Crippen molar-refractivity contribution < 1.29 is 18.0 Å². The van der Waals surface area contributed by atoms with Crippen LogP contribution in [0.3, 0.4) is 0 Å². The first-order chi connectivity index (χ1) is 15.8. The molecule has 0 heterocycles. The molecule has 2 rings (SSSR count). The molecule has 0 bridgehead atoms. The van der Waals surface area contributed by atoms with E-state index < -0.39 is 29.2 Å². The van der Waals surface area contributed by atoms with Crippen LogP contribution in [0.15, 0.2) is 36.4 Å². The molecular weight excluding hydrogens is 425 g/mol. The van der Waals surface area contributed by atoms with Crippen molar-refractivity contribution in [3.8, 4) is 0 Å². The molecule has 0 saturated heterocycles. The molecule has 2 amide bonds. The largest absolute Gasteiger partial charge is 0.322 e. The number of hydrogen-bond donors (Lipinski definition) is 1. The van der Waals surface area contributed by atoms with Crippen molar-refractivity contribution in [1.82, 2.24) is 4.90 Å². The summed E-state index contributed by atoms with van der Waals surface area (Å²) >= 11 is 0. The van der Waals surface area contributed by atoms with Crippen molar-refractivity contribution >= 4 is 11.7 Å². The molecule has 1 N–H and O–H groups in total. The zero-order valence-corrected chi connectivity index (χ0v) is 20.1. The Morgan fingerprint density at radius 1 is 0.909 bits per heavy atom. The quantitative estimate of drug-likeness (QED) is 0.300. The van der Waals surface area contributed by atoms with Crippen LogP contribution < -0.4 is 5.32 Å². The summed E-state index contributed by atoms with van der Waals surface area (Å²) in [6.07, 6.45) is 8.46. The van der Waals surface area contributed by atoms with E-state index in [1.807, 2.05) is 12.1 Å². The standard InChI is InChI=1S/C27H37F3N2O/c1-4-5-6-7-8-16-32(27(33)31-26-24(29)17-23(28)18-25(26)30)19-22-14-12-21(13-15-22)11-9-10-20(2)3/h12-15,17-18,20H,4-11,16,19H2,1-3H3,(H,31,33). The zero-order valence-electron chi connectivity index (χ0n) is 20.1. The van der Waals surface area contributed by atoms with Crippen molar-refractivity contribution in [3.05, 3.63) is 65.0 Å². The van der Waals surface area contributed by atoms with Crippen LogP contribution >= 0.6 is 0 Å². The molecule has 0 aliphatic carbocycles. The van der Waals surface area contributed by atoms with E-state index in [1.165, 1.54) is 12.0 Å². The van der Waals surface area contributed by atoms with E-state index in [0.717, 1.165) is 50.5 Å². The van der Waals surface area contributed by atoms with Crippen LogP contribution in [-0.4, -0.2) is 17.5 Å². The number of benzene rings is 2. The maximum absolute atomic E-state index is 14.0. The highest BCUT2D eigenvalue weighted by Crippen LogP contribution is 2.21. The molecule has 0 unspecified atom stereocenters. The Labute approximate surface area is 196 Å². The van der Waals surface area contributed by atoms with Crippen LogP contribution in [0.25, 0.3) is 0 Å². The zero-order chi connectivity index (χ0) is 24.2. The SMILES string of the molecule is CCCCCCCN(Cc1ccc(CCCC(C)C)cc1)C(=O)Nc1c(F)cc(F)cc1F. The lowest BCUT2D eigenvalue weighted by atomic mass is 10.0. The van der Waals surface area contributed by atoms with Gasteiger partial charge in [-0.1, -0.05) is 77.1 Å². The molecule has 182 valence electrons. The number of carbonyl (C=O) groups is 1. The van der Waals surface area contributed by atoms with Gasteiger partial charge in [0.05, 0.1) is 0 Å². The average molecular weight is 463 g/mol. The summed E-state index contributed by atoms with van der Waals surface area (Å²) in [7, 11) is 0. The molecule has 0 fully saturated rings. The Balaban J connectivity index is 2.06. The van der Waals surface area contributed by atoms with E-state index in [-0.39, 0.29) is 0 Å². The van der Waals surface area contributed by atoms with Gasteiger partial charge in [0.15, 0.2) is 11.6 Å². The molecule has 0 atom stereocenters. The van der Waals surface area contributed by atoms with Gasteiger partial charge >= 0.3 is 6.03 Å². The molecule has 0 radical (unpaired) electrons. The van der Waals surface area contributed by atoms with E-state index in [0.29, 0.717) is 31.1 Å². The van der Waals surface area contributed by atoms with E-state index in [2.05, 4.69) is 38.2 Å². The smallest absolute Gasteiger partial charge is 0.320 e. The molecule has 6 heteroatoms. The van der Waals surface area contributed by atoms with Gasteiger partial charge in [-0.25, -0.2) is 18.0 Å².